The predicted molar refractivity (Wildman–Crippen MR) is 93.1 cm³/mol. The summed E-state index contributed by atoms with van der Waals surface area (Å²) in [5, 5.41) is 3.29. The number of likely N-dealkylation sites (tertiary alicyclic amines) is 1. The van der Waals surface area contributed by atoms with Gasteiger partial charge in [0, 0.05) is 12.5 Å². The molecule has 1 aliphatic heterocycles. The molecule has 1 heterocycles. The first-order valence-corrected chi connectivity index (χ1v) is 10.3. The first kappa shape index (κ1) is 15.9. The molecule has 4 saturated carbocycles. The summed E-state index contributed by atoms with van der Waals surface area (Å²) in [4.78, 5) is 15.3. The van der Waals surface area contributed by atoms with Crippen molar-refractivity contribution in [2.45, 2.75) is 64.2 Å². The number of piperidine rings is 1. The van der Waals surface area contributed by atoms with Crippen LogP contribution in [0.1, 0.15) is 64.2 Å². The van der Waals surface area contributed by atoms with Gasteiger partial charge in [-0.3, -0.25) is 4.79 Å². The molecule has 3 nitrogen and oxygen atoms in total. The van der Waals surface area contributed by atoms with E-state index in [2.05, 4.69) is 10.2 Å². The number of nitrogens with one attached hydrogen (secondary N) is 1. The van der Waals surface area contributed by atoms with Gasteiger partial charge in [-0.1, -0.05) is 6.42 Å². The monoisotopic (exact) mass is 318 g/mol. The number of rotatable bonds is 6. The number of nitrogens with zero attached hydrogens (tertiary/aromatic N) is 1. The van der Waals surface area contributed by atoms with Crippen molar-refractivity contribution in [3.05, 3.63) is 0 Å². The van der Waals surface area contributed by atoms with E-state index in [1.807, 2.05) is 0 Å². The van der Waals surface area contributed by atoms with Gasteiger partial charge in [-0.15, -0.1) is 0 Å². The molecule has 0 radical (unpaired) electrons. The van der Waals surface area contributed by atoms with Crippen molar-refractivity contribution in [1.29, 1.82) is 0 Å². The van der Waals surface area contributed by atoms with Crippen molar-refractivity contribution >= 4 is 5.91 Å². The van der Waals surface area contributed by atoms with Crippen LogP contribution in [0.25, 0.3) is 0 Å². The second kappa shape index (κ2) is 7.13. The standard InChI is InChI=1S/C20H34N2O/c23-20(21-6-2-5-9-22-7-3-1-4-8-22)19-17-11-15-10-16(13-17)14-18(19)12-15/h15-19H,1-14H2,(H,21,23). The van der Waals surface area contributed by atoms with Gasteiger partial charge < -0.3 is 10.2 Å². The lowest BCUT2D eigenvalue weighted by molar-refractivity contribution is -0.138. The molecular formula is C20H34N2O. The zero-order valence-corrected chi connectivity index (χ0v) is 14.6. The minimum atomic E-state index is 0.366. The maximum absolute atomic E-state index is 12.7. The molecule has 0 atom stereocenters. The van der Waals surface area contributed by atoms with Crippen LogP contribution in [0.2, 0.25) is 0 Å². The molecule has 5 aliphatic rings. The molecular weight excluding hydrogens is 284 g/mol. The van der Waals surface area contributed by atoms with Crippen molar-refractivity contribution in [3.8, 4) is 0 Å². The molecule has 1 N–H and O–H groups in total. The Morgan fingerprint density at radius 3 is 2.17 bits per heavy atom. The van der Waals surface area contributed by atoms with E-state index in [9.17, 15) is 4.79 Å². The summed E-state index contributed by atoms with van der Waals surface area (Å²) in [7, 11) is 0. The van der Waals surface area contributed by atoms with Crippen LogP contribution in [-0.2, 0) is 4.79 Å². The van der Waals surface area contributed by atoms with Crippen molar-refractivity contribution in [2.24, 2.45) is 29.6 Å². The summed E-state index contributed by atoms with van der Waals surface area (Å²) in [6.45, 7) is 4.71. The number of hydrogen-bond donors (Lipinski definition) is 1. The third-order valence-electron chi connectivity index (χ3n) is 7.18. The SMILES string of the molecule is O=C(NCCCCN1CCCCC1)C1C2CC3CC(C2)CC1C3. The Bertz CT molecular complexity index is 388. The number of amides is 1. The Labute approximate surface area is 141 Å². The normalized spacial score (nSPS) is 39.6. The molecule has 23 heavy (non-hydrogen) atoms. The Hall–Kier alpha value is -0.570. The van der Waals surface area contributed by atoms with E-state index in [0.29, 0.717) is 11.8 Å². The van der Waals surface area contributed by atoms with E-state index in [4.69, 9.17) is 0 Å². The topological polar surface area (TPSA) is 32.3 Å². The molecule has 0 unspecified atom stereocenters. The zero-order valence-electron chi connectivity index (χ0n) is 14.6. The molecule has 1 saturated heterocycles. The lowest BCUT2D eigenvalue weighted by Gasteiger charge is -2.53. The molecule has 130 valence electrons. The third-order valence-corrected chi connectivity index (χ3v) is 7.18. The Kier molecular flexibility index (Phi) is 4.93. The summed E-state index contributed by atoms with van der Waals surface area (Å²) in [6, 6.07) is 0. The highest BCUT2D eigenvalue weighted by atomic mass is 16.1. The van der Waals surface area contributed by atoms with Gasteiger partial charge in [0.1, 0.15) is 0 Å². The first-order chi connectivity index (χ1) is 11.3. The molecule has 4 bridgehead atoms. The second-order valence-corrected chi connectivity index (χ2v) is 8.86. The molecule has 0 aromatic rings. The molecule has 0 aromatic heterocycles. The zero-order chi connectivity index (χ0) is 15.6. The first-order valence-electron chi connectivity index (χ1n) is 10.3. The van der Waals surface area contributed by atoms with Gasteiger partial charge >= 0.3 is 0 Å². The summed E-state index contributed by atoms with van der Waals surface area (Å²) in [5.41, 5.74) is 0. The maximum atomic E-state index is 12.7. The van der Waals surface area contributed by atoms with Crippen LogP contribution in [0.3, 0.4) is 0 Å². The molecule has 0 aromatic carbocycles. The summed E-state index contributed by atoms with van der Waals surface area (Å²) in [6.07, 6.45) is 13.4. The quantitative estimate of drug-likeness (QED) is 0.761. The van der Waals surface area contributed by atoms with Crippen molar-refractivity contribution in [3.63, 3.8) is 0 Å². The van der Waals surface area contributed by atoms with Gasteiger partial charge in [-0.25, -0.2) is 0 Å². The van der Waals surface area contributed by atoms with Gasteiger partial charge in [0.25, 0.3) is 0 Å². The van der Waals surface area contributed by atoms with Crippen LogP contribution in [0.5, 0.6) is 0 Å². The molecule has 5 fully saturated rings. The minimum Gasteiger partial charge on any atom is -0.356 e. The van der Waals surface area contributed by atoms with E-state index in [1.165, 1.54) is 77.4 Å². The molecule has 0 spiro atoms. The number of carbonyl (C=O) groups is 1. The molecule has 3 heteroatoms. The Morgan fingerprint density at radius 1 is 0.870 bits per heavy atom. The summed E-state index contributed by atoms with van der Waals surface area (Å²) >= 11 is 0. The van der Waals surface area contributed by atoms with E-state index in [-0.39, 0.29) is 0 Å². The predicted octanol–water partition coefficient (Wildman–Crippen LogP) is 3.44. The van der Waals surface area contributed by atoms with Crippen LogP contribution < -0.4 is 5.32 Å². The van der Waals surface area contributed by atoms with Crippen molar-refractivity contribution in [1.82, 2.24) is 10.2 Å². The largest absolute Gasteiger partial charge is 0.356 e. The van der Waals surface area contributed by atoms with Gasteiger partial charge in [0.2, 0.25) is 5.91 Å². The lowest BCUT2D eigenvalue weighted by Crippen LogP contribution is -2.51. The highest BCUT2D eigenvalue weighted by Gasteiger charge is 2.50. The van der Waals surface area contributed by atoms with E-state index in [1.54, 1.807) is 0 Å². The fourth-order valence-corrected chi connectivity index (χ4v) is 6.33. The minimum absolute atomic E-state index is 0.366. The fourth-order valence-electron chi connectivity index (χ4n) is 6.33. The average Bonchev–Trinajstić information content (AvgIpc) is 2.54. The smallest absolute Gasteiger partial charge is 0.223 e. The average molecular weight is 319 g/mol. The number of hydrogen-bond acceptors (Lipinski definition) is 2. The molecule has 1 amide bonds. The van der Waals surface area contributed by atoms with Gasteiger partial charge in [-0.05, 0) is 101 Å². The van der Waals surface area contributed by atoms with Crippen LogP contribution >= 0.6 is 0 Å². The fraction of sp³-hybridized carbons (Fsp3) is 0.950. The van der Waals surface area contributed by atoms with Crippen LogP contribution in [-0.4, -0.2) is 37.0 Å². The van der Waals surface area contributed by atoms with E-state index < -0.39 is 0 Å². The van der Waals surface area contributed by atoms with Crippen LogP contribution in [0.15, 0.2) is 0 Å². The number of carbonyl (C=O) groups excluding carboxylic acids is 1. The van der Waals surface area contributed by atoms with E-state index in [0.717, 1.165) is 36.6 Å². The van der Waals surface area contributed by atoms with Gasteiger partial charge in [0.15, 0.2) is 0 Å². The van der Waals surface area contributed by atoms with Crippen molar-refractivity contribution in [2.75, 3.05) is 26.2 Å². The van der Waals surface area contributed by atoms with Crippen molar-refractivity contribution < 1.29 is 4.79 Å². The van der Waals surface area contributed by atoms with E-state index >= 15 is 0 Å². The van der Waals surface area contributed by atoms with Crippen LogP contribution in [0.4, 0.5) is 0 Å². The highest BCUT2D eigenvalue weighted by molar-refractivity contribution is 5.79. The molecule has 4 aliphatic carbocycles. The highest BCUT2D eigenvalue weighted by Crippen LogP contribution is 2.56. The molecule has 5 rings (SSSR count). The van der Waals surface area contributed by atoms with Gasteiger partial charge in [0.05, 0.1) is 0 Å². The van der Waals surface area contributed by atoms with Gasteiger partial charge in [-0.2, -0.15) is 0 Å². The number of unbranched alkanes of at least 4 members (excludes halogenated alkanes) is 1. The summed E-state index contributed by atoms with van der Waals surface area (Å²) < 4.78 is 0. The second-order valence-electron chi connectivity index (χ2n) is 8.86. The third kappa shape index (κ3) is 3.60. The van der Waals surface area contributed by atoms with Crippen LogP contribution in [0, 0.1) is 29.6 Å². The Morgan fingerprint density at radius 2 is 1.52 bits per heavy atom. The Balaban J connectivity index is 1.16. The maximum Gasteiger partial charge on any atom is 0.223 e. The lowest BCUT2D eigenvalue weighted by atomic mass is 9.51. The summed E-state index contributed by atoms with van der Waals surface area (Å²) in [5.74, 6) is 4.14.